The van der Waals surface area contributed by atoms with Crippen LogP contribution >= 0.6 is 0 Å². The first-order valence-electron chi connectivity index (χ1n) is 8.31. The monoisotopic (exact) mass is 349 g/mol. The molecule has 2 aromatic carbocycles. The summed E-state index contributed by atoms with van der Waals surface area (Å²) in [6, 6.07) is 15.7. The molecule has 0 aliphatic heterocycles. The second-order valence-corrected chi connectivity index (χ2v) is 5.82. The number of rotatable bonds is 5. The second-order valence-electron chi connectivity index (χ2n) is 5.82. The molecule has 2 N–H and O–H groups in total. The van der Waals surface area contributed by atoms with Gasteiger partial charge in [-0.1, -0.05) is 30.3 Å². The molecule has 0 atom stereocenters. The molecular formula is C20H19N3O3. The summed E-state index contributed by atoms with van der Waals surface area (Å²) in [4.78, 5) is 24.6. The highest BCUT2D eigenvalue weighted by molar-refractivity contribution is 6.07. The Balaban J connectivity index is 1.68. The number of benzene rings is 2. The van der Waals surface area contributed by atoms with E-state index in [1.165, 1.54) is 0 Å². The SMILES string of the molecule is CCc1ccccc1NC(=O)c1ccc(C(=O)Nc2cc(C)on2)cc1. The van der Waals surface area contributed by atoms with E-state index in [1.807, 2.05) is 31.2 Å². The Morgan fingerprint density at radius 1 is 0.962 bits per heavy atom. The normalized spacial score (nSPS) is 10.4. The molecule has 1 aromatic heterocycles. The quantitative estimate of drug-likeness (QED) is 0.728. The van der Waals surface area contributed by atoms with Gasteiger partial charge in [-0.25, -0.2) is 0 Å². The number of hydrogen-bond donors (Lipinski definition) is 2. The second kappa shape index (κ2) is 7.65. The third-order valence-corrected chi connectivity index (χ3v) is 3.93. The van der Waals surface area contributed by atoms with E-state index in [1.54, 1.807) is 37.3 Å². The zero-order valence-electron chi connectivity index (χ0n) is 14.6. The van der Waals surface area contributed by atoms with Crippen LogP contribution in [0.2, 0.25) is 0 Å². The number of aromatic nitrogens is 1. The number of hydrogen-bond acceptors (Lipinski definition) is 4. The highest BCUT2D eigenvalue weighted by Gasteiger charge is 2.12. The largest absolute Gasteiger partial charge is 0.360 e. The molecule has 0 spiro atoms. The van der Waals surface area contributed by atoms with Gasteiger partial charge in [0.2, 0.25) is 0 Å². The van der Waals surface area contributed by atoms with Gasteiger partial charge in [0.25, 0.3) is 11.8 Å². The lowest BCUT2D eigenvalue weighted by Crippen LogP contribution is -2.15. The van der Waals surface area contributed by atoms with Crippen molar-refractivity contribution in [2.24, 2.45) is 0 Å². The van der Waals surface area contributed by atoms with Gasteiger partial charge in [-0.3, -0.25) is 9.59 Å². The summed E-state index contributed by atoms with van der Waals surface area (Å²) in [7, 11) is 0. The van der Waals surface area contributed by atoms with E-state index in [9.17, 15) is 9.59 Å². The molecular weight excluding hydrogens is 330 g/mol. The smallest absolute Gasteiger partial charge is 0.256 e. The number of aryl methyl sites for hydroxylation is 2. The first kappa shape index (κ1) is 17.4. The molecule has 0 saturated heterocycles. The van der Waals surface area contributed by atoms with Crippen LogP contribution in [0.25, 0.3) is 0 Å². The molecule has 0 fully saturated rings. The van der Waals surface area contributed by atoms with Gasteiger partial charge in [0.1, 0.15) is 5.76 Å². The number of nitrogens with one attached hydrogen (secondary N) is 2. The van der Waals surface area contributed by atoms with Crippen molar-refractivity contribution in [3.05, 3.63) is 77.0 Å². The van der Waals surface area contributed by atoms with Crippen molar-refractivity contribution in [3.8, 4) is 0 Å². The number of carbonyl (C=O) groups excluding carboxylic acids is 2. The average Bonchev–Trinajstić information content (AvgIpc) is 3.07. The third-order valence-electron chi connectivity index (χ3n) is 3.93. The molecule has 0 aliphatic rings. The van der Waals surface area contributed by atoms with Gasteiger partial charge in [0, 0.05) is 22.9 Å². The van der Waals surface area contributed by atoms with Crippen LogP contribution in [0.15, 0.2) is 59.1 Å². The summed E-state index contributed by atoms with van der Waals surface area (Å²) in [5, 5.41) is 9.26. The predicted octanol–water partition coefficient (Wildman–Crippen LogP) is 4.05. The van der Waals surface area contributed by atoms with Gasteiger partial charge in [0.05, 0.1) is 0 Å². The van der Waals surface area contributed by atoms with E-state index in [0.717, 1.165) is 17.7 Å². The fourth-order valence-corrected chi connectivity index (χ4v) is 2.53. The number of carbonyl (C=O) groups is 2. The Morgan fingerprint density at radius 2 is 1.58 bits per heavy atom. The molecule has 132 valence electrons. The molecule has 26 heavy (non-hydrogen) atoms. The van der Waals surface area contributed by atoms with Crippen molar-refractivity contribution in [3.63, 3.8) is 0 Å². The molecule has 0 unspecified atom stereocenters. The predicted molar refractivity (Wildman–Crippen MR) is 99.4 cm³/mol. The van der Waals surface area contributed by atoms with Crippen molar-refractivity contribution in [2.45, 2.75) is 20.3 Å². The highest BCUT2D eigenvalue weighted by atomic mass is 16.5. The lowest BCUT2D eigenvalue weighted by atomic mass is 10.1. The van der Waals surface area contributed by atoms with Crippen molar-refractivity contribution >= 4 is 23.3 Å². The van der Waals surface area contributed by atoms with Crippen LogP contribution < -0.4 is 10.6 Å². The molecule has 6 nitrogen and oxygen atoms in total. The van der Waals surface area contributed by atoms with Gasteiger partial charge >= 0.3 is 0 Å². The van der Waals surface area contributed by atoms with E-state index in [-0.39, 0.29) is 11.8 Å². The zero-order chi connectivity index (χ0) is 18.5. The minimum absolute atomic E-state index is 0.218. The van der Waals surface area contributed by atoms with Crippen LogP contribution in [-0.2, 0) is 6.42 Å². The minimum atomic E-state index is -0.318. The van der Waals surface area contributed by atoms with Crippen molar-refractivity contribution < 1.29 is 14.1 Å². The lowest BCUT2D eigenvalue weighted by Gasteiger charge is -2.10. The summed E-state index contributed by atoms with van der Waals surface area (Å²) in [6.45, 7) is 3.78. The Kier molecular flexibility index (Phi) is 5.12. The number of nitrogens with zero attached hydrogens (tertiary/aromatic N) is 1. The maximum Gasteiger partial charge on any atom is 0.256 e. The fraction of sp³-hybridized carbons (Fsp3) is 0.150. The summed E-state index contributed by atoms with van der Waals surface area (Å²) < 4.78 is 4.91. The summed E-state index contributed by atoms with van der Waals surface area (Å²) >= 11 is 0. The van der Waals surface area contributed by atoms with E-state index < -0.39 is 0 Å². The molecule has 2 amide bonds. The lowest BCUT2D eigenvalue weighted by molar-refractivity contribution is 0.101. The Hall–Kier alpha value is -3.41. The van der Waals surface area contributed by atoms with Gasteiger partial charge in [-0.05, 0) is 49.2 Å². The first-order valence-corrected chi connectivity index (χ1v) is 8.31. The maximum atomic E-state index is 12.4. The standard InChI is InChI=1S/C20H19N3O3/c1-3-14-6-4-5-7-17(14)21-19(24)15-8-10-16(11-9-15)20(25)22-18-12-13(2)26-23-18/h4-12H,3H2,1-2H3,(H,21,24)(H,22,23,25). The molecule has 3 aromatic rings. The Morgan fingerprint density at radius 3 is 2.15 bits per heavy atom. The summed E-state index contributed by atoms with van der Waals surface area (Å²) in [5.74, 6) is 0.428. The Bertz CT molecular complexity index is 929. The van der Waals surface area contributed by atoms with E-state index in [4.69, 9.17) is 4.52 Å². The molecule has 0 aliphatic carbocycles. The van der Waals surface area contributed by atoms with Gasteiger partial charge in [-0.2, -0.15) is 0 Å². The molecule has 3 rings (SSSR count). The minimum Gasteiger partial charge on any atom is -0.360 e. The van der Waals surface area contributed by atoms with E-state index >= 15 is 0 Å². The number of para-hydroxylation sites is 1. The molecule has 0 radical (unpaired) electrons. The fourth-order valence-electron chi connectivity index (χ4n) is 2.53. The van der Waals surface area contributed by atoms with Crippen LogP contribution in [0.3, 0.4) is 0 Å². The molecule has 6 heteroatoms. The molecule has 0 saturated carbocycles. The zero-order valence-corrected chi connectivity index (χ0v) is 14.6. The number of anilines is 2. The highest BCUT2D eigenvalue weighted by Crippen LogP contribution is 2.17. The topological polar surface area (TPSA) is 84.2 Å². The van der Waals surface area contributed by atoms with Crippen LogP contribution in [0.5, 0.6) is 0 Å². The van der Waals surface area contributed by atoms with Crippen LogP contribution in [0.4, 0.5) is 11.5 Å². The Labute approximate surface area is 151 Å². The third kappa shape index (κ3) is 3.97. The van der Waals surface area contributed by atoms with Gasteiger partial charge in [0.15, 0.2) is 5.82 Å². The van der Waals surface area contributed by atoms with Crippen molar-refractivity contribution in [1.29, 1.82) is 0 Å². The average molecular weight is 349 g/mol. The molecule has 1 heterocycles. The van der Waals surface area contributed by atoms with Gasteiger partial charge < -0.3 is 15.2 Å². The maximum absolute atomic E-state index is 12.4. The van der Waals surface area contributed by atoms with Crippen LogP contribution in [0.1, 0.15) is 39.0 Å². The molecule has 0 bridgehead atoms. The van der Waals surface area contributed by atoms with E-state index in [2.05, 4.69) is 15.8 Å². The van der Waals surface area contributed by atoms with Crippen LogP contribution in [-0.4, -0.2) is 17.0 Å². The summed E-state index contributed by atoms with van der Waals surface area (Å²) in [5.41, 5.74) is 2.77. The van der Waals surface area contributed by atoms with Gasteiger partial charge in [-0.15, -0.1) is 0 Å². The first-order chi connectivity index (χ1) is 12.6. The summed E-state index contributed by atoms with van der Waals surface area (Å²) in [6.07, 6.45) is 0.830. The van der Waals surface area contributed by atoms with Crippen molar-refractivity contribution in [2.75, 3.05) is 10.6 Å². The van der Waals surface area contributed by atoms with Crippen molar-refractivity contribution in [1.82, 2.24) is 5.16 Å². The number of amides is 2. The van der Waals surface area contributed by atoms with Crippen LogP contribution in [0, 0.1) is 6.92 Å². The van der Waals surface area contributed by atoms with E-state index in [0.29, 0.717) is 22.7 Å².